The van der Waals surface area contributed by atoms with Crippen LogP contribution in [0.5, 0.6) is 11.5 Å². The van der Waals surface area contributed by atoms with Crippen LogP contribution in [0.4, 0.5) is 23.2 Å². The Hall–Kier alpha value is -3.56. The number of hydrogen-bond donors (Lipinski definition) is 1. The van der Waals surface area contributed by atoms with E-state index in [4.69, 9.17) is 14.0 Å². The zero-order chi connectivity index (χ0) is 21.2. The molecule has 0 saturated heterocycles. The van der Waals surface area contributed by atoms with Crippen LogP contribution in [0.2, 0.25) is 0 Å². The van der Waals surface area contributed by atoms with Crippen molar-refractivity contribution < 1.29 is 36.4 Å². The van der Waals surface area contributed by atoms with Gasteiger partial charge < -0.3 is 19.3 Å². The summed E-state index contributed by atoms with van der Waals surface area (Å²) in [7, 11) is 2.90. The Kier molecular flexibility index (Phi) is 5.44. The highest BCUT2D eigenvalue weighted by atomic mass is 19.4. The molecule has 0 atom stereocenters. The van der Waals surface area contributed by atoms with Crippen LogP contribution in [-0.4, -0.2) is 25.3 Å². The molecule has 1 amide bonds. The first kappa shape index (κ1) is 20.2. The van der Waals surface area contributed by atoms with Gasteiger partial charge in [-0.25, -0.2) is 4.39 Å². The minimum absolute atomic E-state index is 0.149. The quantitative estimate of drug-likeness (QED) is 0.614. The van der Waals surface area contributed by atoms with Gasteiger partial charge in [0.2, 0.25) is 0 Å². The Morgan fingerprint density at radius 3 is 2.48 bits per heavy atom. The van der Waals surface area contributed by atoms with Crippen molar-refractivity contribution in [1.82, 2.24) is 5.16 Å². The maximum atomic E-state index is 13.8. The molecule has 10 heteroatoms. The summed E-state index contributed by atoms with van der Waals surface area (Å²) in [6.45, 7) is 0. The third-order valence-electron chi connectivity index (χ3n) is 3.96. The lowest BCUT2D eigenvalue weighted by molar-refractivity contribution is -0.137. The molecular weight excluding hydrogens is 396 g/mol. The molecular formula is C19H14F4N2O4. The lowest BCUT2D eigenvalue weighted by Crippen LogP contribution is -2.14. The molecule has 3 rings (SSSR count). The van der Waals surface area contributed by atoms with Gasteiger partial charge in [0.15, 0.2) is 11.5 Å². The second kappa shape index (κ2) is 7.82. The lowest BCUT2D eigenvalue weighted by Gasteiger charge is -2.10. The van der Waals surface area contributed by atoms with Crippen LogP contribution >= 0.6 is 0 Å². The first-order valence-electron chi connectivity index (χ1n) is 8.10. The van der Waals surface area contributed by atoms with E-state index < -0.39 is 29.2 Å². The molecule has 0 aliphatic rings. The van der Waals surface area contributed by atoms with Crippen molar-refractivity contribution in [1.29, 1.82) is 0 Å². The summed E-state index contributed by atoms with van der Waals surface area (Å²) in [5.74, 6) is -0.910. The second-order valence-electron chi connectivity index (χ2n) is 5.79. The second-order valence-corrected chi connectivity index (χ2v) is 5.79. The zero-order valence-corrected chi connectivity index (χ0v) is 15.1. The van der Waals surface area contributed by atoms with Gasteiger partial charge in [-0.3, -0.25) is 4.79 Å². The number of ether oxygens (including phenoxy) is 2. The molecule has 0 bridgehead atoms. The molecule has 0 spiro atoms. The third kappa shape index (κ3) is 4.31. The number of nitrogens with one attached hydrogen (secondary N) is 1. The molecule has 0 fully saturated rings. The zero-order valence-electron chi connectivity index (χ0n) is 15.1. The molecule has 1 heterocycles. The van der Waals surface area contributed by atoms with E-state index in [9.17, 15) is 22.4 Å². The van der Waals surface area contributed by atoms with E-state index in [1.807, 2.05) is 0 Å². The number of rotatable bonds is 5. The number of hydrogen-bond acceptors (Lipinski definition) is 5. The third-order valence-corrected chi connectivity index (χ3v) is 3.96. The fraction of sp³-hybridized carbons (Fsp3) is 0.158. The number of carbonyl (C=O) groups excluding carboxylic acids is 1. The number of amides is 1. The van der Waals surface area contributed by atoms with E-state index in [0.29, 0.717) is 35.3 Å². The molecule has 0 aliphatic carbocycles. The first-order valence-corrected chi connectivity index (χ1v) is 8.10. The fourth-order valence-corrected chi connectivity index (χ4v) is 2.50. The normalized spacial score (nSPS) is 11.2. The highest BCUT2D eigenvalue weighted by Crippen LogP contribution is 2.34. The van der Waals surface area contributed by atoms with E-state index in [0.717, 1.165) is 0 Å². The number of carbonyl (C=O) groups is 1. The van der Waals surface area contributed by atoms with Crippen molar-refractivity contribution in [2.45, 2.75) is 6.18 Å². The molecule has 0 radical (unpaired) electrons. The van der Waals surface area contributed by atoms with Crippen LogP contribution in [-0.2, 0) is 6.18 Å². The highest BCUT2D eigenvalue weighted by Gasteiger charge is 2.31. The first-order chi connectivity index (χ1) is 13.7. The van der Waals surface area contributed by atoms with Gasteiger partial charge in [-0.2, -0.15) is 13.2 Å². The molecule has 1 N–H and O–H groups in total. The fourth-order valence-electron chi connectivity index (χ4n) is 2.50. The summed E-state index contributed by atoms with van der Waals surface area (Å²) in [5, 5.41) is 5.65. The predicted octanol–water partition coefficient (Wildman–Crippen LogP) is 4.77. The molecule has 0 saturated carbocycles. The van der Waals surface area contributed by atoms with Gasteiger partial charge in [0.25, 0.3) is 5.91 Å². The van der Waals surface area contributed by atoms with E-state index in [1.54, 1.807) is 18.2 Å². The molecule has 1 aromatic heterocycles. The molecule has 0 unspecified atom stereocenters. The van der Waals surface area contributed by atoms with Gasteiger partial charge in [-0.1, -0.05) is 5.16 Å². The minimum Gasteiger partial charge on any atom is -0.497 e. The van der Waals surface area contributed by atoms with Crippen LogP contribution in [0, 0.1) is 5.82 Å². The van der Waals surface area contributed by atoms with Crippen molar-refractivity contribution in [2.75, 3.05) is 19.5 Å². The summed E-state index contributed by atoms with van der Waals surface area (Å²) >= 11 is 0. The van der Waals surface area contributed by atoms with E-state index >= 15 is 0 Å². The average Bonchev–Trinajstić information content (AvgIpc) is 3.18. The van der Waals surface area contributed by atoms with Gasteiger partial charge in [0.05, 0.1) is 31.0 Å². The summed E-state index contributed by atoms with van der Waals surface area (Å²) in [6.07, 6.45) is -4.68. The van der Waals surface area contributed by atoms with Crippen LogP contribution in [0.1, 0.15) is 16.1 Å². The standard InChI is InChI=1S/C19H14F4N2O4/c1-27-11-4-6-16(28-2)12(8-11)17-9-15(25-29-17)18(26)24-14-7-10(19(21,22)23)3-5-13(14)20/h3-9H,1-2H3,(H,24,26). The van der Waals surface area contributed by atoms with Gasteiger partial charge in [-0.15, -0.1) is 0 Å². The Morgan fingerprint density at radius 1 is 1.07 bits per heavy atom. The Bertz CT molecular complexity index is 1050. The van der Waals surface area contributed by atoms with Crippen molar-refractivity contribution >= 4 is 11.6 Å². The Balaban J connectivity index is 1.88. The molecule has 152 valence electrons. The highest BCUT2D eigenvalue weighted by molar-refractivity contribution is 6.03. The van der Waals surface area contributed by atoms with E-state index in [-0.39, 0.29) is 11.5 Å². The van der Waals surface area contributed by atoms with Crippen molar-refractivity contribution in [3.05, 3.63) is 59.5 Å². The largest absolute Gasteiger partial charge is 0.497 e. The molecule has 29 heavy (non-hydrogen) atoms. The average molecular weight is 410 g/mol. The SMILES string of the molecule is COc1ccc(OC)c(-c2cc(C(=O)Nc3cc(C(F)(F)F)ccc3F)no2)c1. The minimum atomic E-state index is -4.68. The maximum absolute atomic E-state index is 13.8. The Labute approximate surface area is 162 Å². The molecule has 0 aliphatic heterocycles. The Morgan fingerprint density at radius 2 is 1.83 bits per heavy atom. The molecule has 3 aromatic rings. The number of halogens is 4. The van der Waals surface area contributed by atoms with Crippen LogP contribution in [0.15, 0.2) is 47.0 Å². The van der Waals surface area contributed by atoms with Crippen LogP contribution in [0.3, 0.4) is 0 Å². The van der Waals surface area contributed by atoms with Crippen molar-refractivity contribution in [2.24, 2.45) is 0 Å². The lowest BCUT2D eigenvalue weighted by atomic mass is 10.1. The summed E-state index contributed by atoms with van der Waals surface area (Å²) < 4.78 is 67.7. The van der Waals surface area contributed by atoms with Crippen molar-refractivity contribution in [3.63, 3.8) is 0 Å². The monoisotopic (exact) mass is 410 g/mol. The number of anilines is 1. The number of aromatic nitrogens is 1. The number of benzene rings is 2. The summed E-state index contributed by atoms with van der Waals surface area (Å²) in [6, 6.07) is 7.81. The van der Waals surface area contributed by atoms with Crippen LogP contribution < -0.4 is 14.8 Å². The van der Waals surface area contributed by atoms with Gasteiger partial charge in [-0.05, 0) is 36.4 Å². The summed E-state index contributed by atoms with van der Waals surface area (Å²) in [4.78, 5) is 12.3. The smallest absolute Gasteiger partial charge is 0.416 e. The topological polar surface area (TPSA) is 73.6 Å². The van der Waals surface area contributed by atoms with Gasteiger partial charge in [0, 0.05) is 6.07 Å². The number of alkyl halides is 3. The van der Waals surface area contributed by atoms with E-state index in [2.05, 4.69) is 10.5 Å². The molecule has 6 nitrogen and oxygen atoms in total. The van der Waals surface area contributed by atoms with Crippen LogP contribution in [0.25, 0.3) is 11.3 Å². The van der Waals surface area contributed by atoms with Gasteiger partial charge in [0.1, 0.15) is 17.3 Å². The van der Waals surface area contributed by atoms with Crippen molar-refractivity contribution in [3.8, 4) is 22.8 Å². The van der Waals surface area contributed by atoms with E-state index in [1.165, 1.54) is 20.3 Å². The maximum Gasteiger partial charge on any atom is 0.416 e. The number of nitrogens with zero attached hydrogens (tertiary/aromatic N) is 1. The number of methoxy groups -OCH3 is 2. The summed E-state index contributed by atoms with van der Waals surface area (Å²) in [5.41, 5.74) is -1.56. The predicted molar refractivity (Wildman–Crippen MR) is 94.4 cm³/mol. The van der Waals surface area contributed by atoms with Gasteiger partial charge >= 0.3 is 6.18 Å². The molecule has 2 aromatic carbocycles.